The van der Waals surface area contributed by atoms with Crippen LogP contribution in [-0.2, 0) is 6.61 Å². The number of hydrogen-bond acceptors (Lipinski definition) is 4. The Labute approximate surface area is 100 Å². The number of aliphatic hydroxyl groups is 1. The minimum absolute atomic E-state index is 0.123. The Kier molecular flexibility index (Phi) is 2.86. The van der Waals surface area contributed by atoms with E-state index in [0.717, 1.165) is 21.8 Å². The molecule has 1 N–H and O–H groups in total. The van der Waals surface area contributed by atoms with Gasteiger partial charge in [-0.3, -0.25) is 0 Å². The largest absolute Gasteiger partial charge is 0.391 e. The van der Waals surface area contributed by atoms with Gasteiger partial charge in [-0.15, -0.1) is 0 Å². The van der Waals surface area contributed by atoms with Gasteiger partial charge < -0.3 is 10.0 Å². The highest BCUT2D eigenvalue weighted by atomic mass is 32.1. The second-order valence-electron chi connectivity index (χ2n) is 5.06. The fourth-order valence-corrected chi connectivity index (χ4v) is 2.76. The van der Waals surface area contributed by atoms with E-state index in [2.05, 4.69) is 9.88 Å². The normalized spacial score (nSPS) is 20.1. The topological polar surface area (TPSA) is 36.4 Å². The summed E-state index contributed by atoms with van der Waals surface area (Å²) in [6.45, 7) is 2.47. The molecule has 2 saturated carbocycles. The standard InChI is InChI=1S/C12H18N2OS/c15-8-11-5-13-12(16-11)14(6-9-1-2-9)7-10-3-4-10/h5,9-10,15H,1-4,6-8H2. The fraction of sp³-hybridized carbons (Fsp3) is 0.750. The van der Waals surface area contributed by atoms with Crippen molar-refractivity contribution < 1.29 is 5.11 Å². The summed E-state index contributed by atoms with van der Waals surface area (Å²) >= 11 is 1.65. The van der Waals surface area contributed by atoms with Gasteiger partial charge in [0.05, 0.1) is 11.5 Å². The average molecular weight is 238 g/mol. The molecule has 0 amide bonds. The Bertz CT molecular complexity index is 344. The van der Waals surface area contributed by atoms with Crippen LogP contribution in [0.1, 0.15) is 30.6 Å². The lowest BCUT2D eigenvalue weighted by atomic mass is 10.3. The molecule has 0 aliphatic heterocycles. The molecule has 1 heterocycles. The van der Waals surface area contributed by atoms with Crippen LogP contribution in [0.5, 0.6) is 0 Å². The Morgan fingerprint density at radius 2 is 1.88 bits per heavy atom. The lowest BCUT2D eigenvalue weighted by molar-refractivity contribution is 0.285. The van der Waals surface area contributed by atoms with Crippen LogP contribution in [0.4, 0.5) is 5.13 Å². The Morgan fingerprint density at radius 1 is 1.25 bits per heavy atom. The molecule has 2 aliphatic carbocycles. The van der Waals surface area contributed by atoms with Crippen LogP contribution in [0, 0.1) is 11.8 Å². The predicted molar refractivity (Wildman–Crippen MR) is 65.7 cm³/mol. The highest BCUT2D eigenvalue weighted by Gasteiger charge is 2.30. The van der Waals surface area contributed by atoms with Crippen LogP contribution in [0.3, 0.4) is 0 Å². The summed E-state index contributed by atoms with van der Waals surface area (Å²) in [6, 6.07) is 0. The first kappa shape index (κ1) is 10.5. The summed E-state index contributed by atoms with van der Waals surface area (Å²) < 4.78 is 0. The third kappa shape index (κ3) is 2.55. The molecule has 16 heavy (non-hydrogen) atoms. The van der Waals surface area contributed by atoms with Crippen LogP contribution >= 0.6 is 11.3 Å². The summed E-state index contributed by atoms with van der Waals surface area (Å²) in [6.07, 6.45) is 7.37. The first-order valence-electron chi connectivity index (χ1n) is 6.15. The number of nitrogens with zero attached hydrogens (tertiary/aromatic N) is 2. The lowest BCUT2D eigenvalue weighted by Gasteiger charge is -2.21. The van der Waals surface area contributed by atoms with Gasteiger partial charge in [-0.2, -0.15) is 0 Å². The number of aliphatic hydroxyl groups excluding tert-OH is 1. The summed E-state index contributed by atoms with van der Waals surface area (Å²) in [5.74, 6) is 1.81. The molecule has 0 radical (unpaired) electrons. The molecule has 2 fully saturated rings. The third-order valence-electron chi connectivity index (χ3n) is 3.32. The van der Waals surface area contributed by atoms with Crippen LogP contribution < -0.4 is 4.90 Å². The second kappa shape index (κ2) is 4.34. The average Bonchev–Trinajstić information content (AvgIpc) is 3.21. The smallest absolute Gasteiger partial charge is 0.185 e. The molecule has 0 spiro atoms. The van der Waals surface area contributed by atoms with Gasteiger partial charge in [0.2, 0.25) is 0 Å². The molecule has 0 atom stereocenters. The van der Waals surface area contributed by atoms with Gasteiger partial charge in [0, 0.05) is 19.3 Å². The number of rotatable bonds is 6. The van der Waals surface area contributed by atoms with Gasteiger partial charge in [0.25, 0.3) is 0 Å². The molecule has 0 bridgehead atoms. The van der Waals surface area contributed by atoms with Crippen LogP contribution in [0.2, 0.25) is 0 Å². The van der Waals surface area contributed by atoms with Crippen molar-refractivity contribution in [3.8, 4) is 0 Å². The minimum Gasteiger partial charge on any atom is -0.391 e. The third-order valence-corrected chi connectivity index (χ3v) is 4.36. The summed E-state index contributed by atoms with van der Waals surface area (Å²) in [7, 11) is 0. The molecule has 1 aromatic rings. The molecule has 4 heteroatoms. The van der Waals surface area contributed by atoms with Gasteiger partial charge in [-0.25, -0.2) is 4.98 Å². The maximum Gasteiger partial charge on any atom is 0.185 e. The quantitative estimate of drug-likeness (QED) is 0.826. The predicted octanol–water partition coefficient (Wildman–Crippen LogP) is 2.26. The van der Waals surface area contributed by atoms with Crippen molar-refractivity contribution in [3.63, 3.8) is 0 Å². The van der Waals surface area contributed by atoms with Crippen LogP contribution in [0.25, 0.3) is 0 Å². The first-order chi connectivity index (χ1) is 7.85. The van der Waals surface area contributed by atoms with Gasteiger partial charge in [-0.05, 0) is 37.5 Å². The Hall–Kier alpha value is -0.610. The van der Waals surface area contributed by atoms with E-state index in [0.29, 0.717) is 0 Å². The van der Waals surface area contributed by atoms with E-state index in [1.807, 2.05) is 6.20 Å². The molecule has 0 aromatic carbocycles. The molecular weight excluding hydrogens is 220 g/mol. The van der Waals surface area contributed by atoms with Crippen LogP contribution in [0.15, 0.2) is 6.20 Å². The SMILES string of the molecule is OCc1cnc(N(CC2CC2)CC2CC2)s1. The Morgan fingerprint density at radius 3 is 2.31 bits per heavy atom. The first-order valence-corrected chi connectivity index (χ1v) is 6.97. The van der Waals surface area contributed by atoms with E-state index in [1.165, 1.54) is 38.8 Å². The monoisotopic (exact) mass is 238 g/mol. The van der Waals surface area contributed by atoms with Gasteiger partial charge in [0.15, 0.2) is 5.13 Å². The highest BCUT2D eigenvalue weighted by molar-refractivity contribution is 7.15. The number of anilines is 1. The second-order valence-corrected chi connectivity index (χ2v) is 6.15. The molecule has 2 aliphatic rings. The van der Waals surface area contributed by atoms with Crippen molar-refractivity contribution in [3.05, 3.63) is 11.1 Å². The molecule has 1 aromatic heterocycles. The van der Waals surface area contributed by atoms with Crippen molar-refractivity contribution >= 4 is 16.5 Å². The number of aromatic nitrogens is 1. The molecule has 0 saturated heterocycles. The lowest BCUT2D eigenvalue weighted by Crippen LogP contribution is -2.27. The minimum atomic E-state index is 0.123. The van der Waals surface area contributed by atoms with E-state index in [9.17, 15) is 0 Å². The van der Waals surface area contributed by atoms with Crippen molar-refractivity contribution in [2.24, 2.45) is 11.8 Å². The fourth-order valence-electron chi connectivity index (χ4n) is 1.97. The summed E-state index contributed by atoms with van der Waals surface area (Å²) in [5, 5.41) is 10.2. The zero-order valence-corrected chi connectivity index (χ0v) is 10.2. The van der Waals surface area contributed by atoms with Crippen molar-refractivity contribution in [2.45, 2.75) is 32.3 Å². The maximum absolute atomic E-state index is 9.07. The molecular formula is C12H18N2OS. The molecule has 0 unspecified atom stereocenters. The van der Waals surface area contributed by atoms with Gasteiger partial charge >= 0.3 is 0 Å². The summed E-state index contributed by atoms with van der Waals surface area (Å²) in [5.41, 5.74) is 0. The van der Waals surface area contributed by atoms with E-state index >= 15 is 0 Å². The van der Waals surface area contributed by atoms with Gasteiger partial charge in [-0.1, -0.05) is 11.3 Å². The zero-order chi connectivity index (χ0) is 11.0. The maximum atomic E-state index is 9.07. The zero-order valence-electron chi connectivity index (χ0n) is 9.43. The van der Waals surface area contributed by atoms with E-state index in [4.69, 9.17) is 5.11 Å². The van der Waals surface area contributed by atoms with Crippen LogP contribution in [-0.4, -0.2) is 23.2 Å². The number of hydrogen-bond donors (Lipinski definition) is 1. The van der Waals surface area contributed by atoms with Crippen molar-refractivity contribution in [1.82, 2.24) is 4.98 Å². The molecule has 3 rings (SSSR count). The molecule has 88 valence electrons. The molecule has 3 nitrogen and oxygen atoms in total. The summed E-state index contributed by atoms with van der Waals surface area (Å²) in [4.78, 5) is 7.86. The Balaban J connectivity index is 1.68. The van der Waals surface area contributed by atoms with E-state index in [-0.39, 0.29) is 6.61 Å². The van der Waals surface area contributed by atoms with Crippen molar-refractivity contribution in [1.29, 1.82) is 0 Å². The van der Waals surface area contributed by atoms with E-state index in [1.54, 1.807) is 11.3 Å². The van der Waals surface area contributed by atoms with Crippen molar-refractivity contribution in [2.75, 3.05) is 18.0 Å². The highest BCUT2D eigenvalue weighted by Crippen LogP contribution is 2.36. The number of thiazole rings is 1. The van der Waals surface area contributed by atoms with Gasteiger partial charge in [0.1, 0.15) is 0 Å². The van der Waals surface area contributed by atoms with E-state index < -0.39 is 0 Å².